The molecule has 1 atom stereocenters. The van der Waals surface area contributed by atoms with Gasteiger partial charge >= 0.3 is 0 Å². The standard InChI is InChI=1S/C20H20N2O2/c1-2-18(16-7-4-3-5-8-16)20(23)22-13-15-11-17(14-21-12-15)19-9-6-10-24-19/h3-12,14,18H,2,13H2,1H3,(H,22,23). The van der Waals surface area contributed by atoms with Crippen LogP contribution in [0.1, 0.15) is 30.4 Å². The van der Waals surface area contributed by atoms with Gasteiger partial charge < -0.3 is 9.73 Å². The van der Waals surface area contributed by atoms with E-state index in [1.54, 1.807) is 18.7 Å². The highest BCUT2D eigenvalue weighted by molar-refractivity contribution is 5.83. The lowest BCUT2D eigenvalue weighted by atomic mass is 9.95. The third-order valence-electron chi connectivity index (χ3n) is 3.99. The van der Waals surface area contributed by atoms with Crippen molar-refractivity contribution in [3.63, 3.8) is 0 Å². The summed E-state index contributed by atoms with van der Waals surface area (Å²) in [6.07, 6.45) is 5.91. The highest BCUT2D eigenvalue weighted by atomic mass is 16.3. The van der Waals surface area contributed by atoms with Crippen molar-refractivity contribution in [3.8, 4) is 11.3 Å². The van der Waals surface area contributed by atoms with E-state index in [1.165, 1.54) is 0 Å². The van der Waals surface area contributed by atoms with Crippen LogP contribution in [0.15, 0.2) is 71.6 Å². The highest BCUT2D eigenvalue weighted by Gasteiger charge is 2.18. The van der Waals surface area contributed by atoms with Gasteiger partial charge in [-0.1, -0.05) is 37.3 Å². The van der Waals surface area contributed by atoms with E-state index in [2.05, 4.69) is 10.3 Å². The van der Waals surface area contributed by atoms with Crippen molar-refractivity contribution in [2.75, 3.05) is 0 Å². The molecule has 1 unspecified atom stereocenters. The van der Waals surface area contributed by atoms with Crippen LogP contribution in [0.3, 0.4) is 0 Å². The fraction of sp³-hybridized carbons (Fsp3) is 0.200. The van der Waals surface area contributed by atoms with E-state index in [4.69, 9.17) is 4.42 Å². The highest BCUT2D eigenvalue weighted by Crippen LogP contribution is 2.21. The minimum Gasteiger partial charge on any atom is -0.464 e. The van der Waals surface area contributed by atoms with Gasteiger partial charge in [0.25, 0.3) is 0 Å². The number of rotatable bonds is 6. The minimum absolute atomic E-state index is 0.0344. The normalized spacial score (nSPS) is 11.9. The van der Waals surface area contributed by atoms with E-state index in [9.17, 15) is 4.79 Å². The Labute approximate surface area is 141 Å². The SMILES string of the molecule is CCC(C(=O)NCc1cncc(-c2ccco2)c1)c1ccccc1. The Kier molecular flexibility index (Phi) is 5.06. The Morgan fingerprint density at radius 2 is 2.00 bits per heavy atom. The summed E-state index contributed by atoms with van der Waals surface area (Å²) in [7, 11) is 0. The molecule has 0 aliphatic rings. The first kappa shape index (κ1) is 16.0. The zero-order valence-electron chi connectivity index (χ0n) is 13.6. The van der Waals surface area contributed by atoms with Gasteiger partial charge in [0, 0.05) is 24.5 Å². The fourth-order valence-corrected chi connectivity index (χ4v) is 2.73. The monoisotopic (exact) mass is 320 g/mol. The average Bonchev–Trinajstić information content (AvgIpc) is 3.16. The Hall–Kier alpha value is -2.88. The molecule has 4 heteroatoms. The van der Waals surface area contributed by atoms with Crippen LogP contribution in [0.2, 0.25) is 0 Å². The van der Waals surface area contributed by atoms with Crippen molar-refractivity contribution in [2.24, 2.45) is 0 Å². The summed E-state index contributed by atoms with van der Waals surface area (Å²) < 4.78 is 5.39. The summed E-state index contributed by atoms with van der Waals surface area (Å²) in [5, 5.41) is 3.01. The number of nitrogens with zero attached hydrogens (tertiary/aromatic N) is 1. The predicted molar refractivity (Wildman–Crippen MR) is 93.3 cm³/mol. The van der Waals surface area contributed by atoms with Gasteiger partial charge in [-0.3, -0.25) is 9.78 Å². The molecule has 0 saturated heterocycles. The number of hydrogen-bond donors (Lipinski definition) is 1. The van der Waals surface area contributed by atoms with Crippen LogP contribution < -0.4 is 5.32 Å². The van der Waals surface area contributed by atoms with Gasteiger partial charge in [0.2, 0.25) is 5.91 Å². The van der Waals surface area contributed by atoms with Crippen molar-refractivity contribution < 1.29 is 9.21 Å². The van der Waals surface area contributed by atoms with Crippen LogP contribution in [0, 0.1) is 0 Å². The zero-order valence-corrected chi connectivity index (χ0v) is 13.6. The number of carbonyl (C=O) groups excluding carboxylic acids is 1. The molecule has 0 aliphatic carbocycles. The predicted octanol–water partition coefficient (Wildman–Crippen LogP) is 4.15. The van der Waals surface area contributed by atoms with Crippen LogP contribution in [-0.2, 0) is 11.3 Å². The van der Waals surface area contributed by atoms with E-state index in [0.717, 1.165) is 28.9 Å². The molecule has 24 heavy (non-hydrogen) atoms. The summed E-state index contributed by atoms with van der Waals surface area (Å²) in [5.41, 5.74) is 2.89. The molecule has 1 N–H and O–H groups in total. The number of benzene rings is 1. The number of amides is 1. The zero-order chi connectivity index (χ0) is 16.8. The molecular weight excluding hydrogens is 300 g/mol. The molecule has 1 amide bonds. The van der Waals surface area contributed by atoms with Crippen LogP contribution in [0.5, 0.6) is 0 Å². The van der Waals surface area contributed by atoms with E-state index in [0.29, 0.717) is 6.54 Å². The summed E-state index contributed by atoms with van der Waals surface area (Å²) in [6, 6.07) is 15.6. The Balaban J connectivity index is 1.67. The molecule has 0 spiro atoms. The lowest BCUT2D eigenvalue weighted by molar-refractivity contribution is -0.122. The number of hydrogen-bond acceptors (Lipinski definition) is 3. The second-order valence-electron chi connectivity index (χ2n) is 5.65. The molecule has 0 fully saturated rings. The number of pyridine rings is 1. The maximum atomic E-state index is 12.5. The van der Waals surface area contributed by atoms with Crippen LogP contribution in [-0.4, -0.2) is 10.9 Å². The smallest absolute Gasteiger partial charge is 0.227 e. The summed E-state index contributed by atoms with van der Waals surface area (Å²) in [5.74, 6) is 0.672. The van der Waals surface area contributed by atoms with Crippen LogP contribution in [0.25, 0.3) is 11.3 Å². The first-order chi connectivity index (χ1) is 11.8. The van der Waals surface area contributed by atoms with Gasteiger partial charge in [-0.05, 0) is 35.7 Å². The molecule has 3 aromatic rings. The summed E-state index contributed by atoms with van der Waals surface area (Å²) in [4.78, 5) is 16.7. The van der Waals surface area contributed by atoms with Gasteiger partial charge in [0.1, 0.15) is 5.76 Å². The maximum absolute atomic E-state index is 12.5. The first-order valence-electron chi connectivity index (χ1n) is 8.08. The Morgan fingerprint density at radius 1 is 1.17 bits per heavy atom. The van der Waals surface area contributed by atoms with Gasteiger partial charge in [-0.2, -0.15) is 0 Å². The maximum Gasteiger partial charge on any atom is 0.227 e. The fourth-order valence-electron chi connectivity index (χ4n) is 2.73. The van der Waals surface area contributed by atoms with Gasteiger partial charge in [0.05, 0.1) is 12.2 Å². The van der Waals surface area contributed by atoms with E-state index in [-0.39, 0.29) is 11.8 Å². The Morgan fingerprint density at radius 3 is 2.71 bits per heavy atom. The second kappa shape index (κ2) is 7.59. The number of nitrogens with one attached hydrogen (secondary N) is 1. The largest absolute Gasteiger partial charge is 0.464 e. The van der Waals surface area contributed by atoms with Crippen LogP contribution >= 0.6 is 0 Å². The third kappa shape index (κ3) is 3.71. The van der Waals surface area contributed by atoms with Crippen molar-refractivity contribution in [3.05, 3.63) is 78.3 Å². The molecule has 122 valence electrons. The van der Waals surface area contributed by atoms with Crippen molar-refractivity contribution in [1.29, 1.82) is 0 Å². The molecule has 4 nitrogen and oxygen atoms in total. The molecule has 0 radical (unpaired) electrons. The summed E-state index contributed by atoms with van der Waals surface area (Å²) in [6.45, 7) is 2.47. The molecule has 0 saturated carbocycles. The average molecular weight is 320 g/mol. The topological polar surface area (TPSA) is 55.1 Å². The van der Waals surface area contributed by atoms with E-state index < -0.39 is 0 Å². The third-order valence-corrected chi connectivity index (χ3v) is 3.99. The summed E-state index contributed by atoms with van der Waals surface area (Å²) >= 11 is 0. The first-order valence-corrected chi connectivity index (χ1v) is 8.08. The molecule has 2 heterocycles. The molecular formula is C20H20N2O2. The van der Waals surface area contributed by atoms with E-state index >= 15 is 0 Å². The lowest BCUT2D eigenvalue weighted by Crippen LogP contribution is -2.28. The van der Waals surface area contributed by atoms with Crippen molar-refractivity contribution in [2.45, 2.75) is 25.8 Å². The molecule has 0 bridgehead atoms. The molecule has 3 rings (SSSR count). The Bertz CT molecular complexity index is 782. The quantitative estimate of drug-likeness (QED) is 0.742. The number of carbonyl (C=O) groups is 1. The number of aromatic nitrogens is 1. The lowest BCUT2D eigenvalue weighted by Gasteiger charge is -2.15. The van der Waals surface area contributed by atoms with E-state index in [1.807, 2.05) is 55.5 Å². The second-order valence-corrected chi connectivity index (χ2v) is 5.65. The molecule has 1 aromatic carbocycles. The van der Waals surface area contributed by atoms with Crippen molar-refractivity contribution >= 4 is 5.91 Å². The minimum atomic E-state index is -0.132. The molecule has 2 aromatic heterocycles. The van der Waals surface area contributed by atoms with Gasteiger partial charge in [-0.25, -0.2) is 0 Å². The number of furan rings is 1. The van der Waals surface area contributed by atoms with Crippen LogP contribution in [0.4, 0.5) is 0 Å². The van der Waals surface area contributed by atoms with Crippen molar-refractivity contribution in [1.82, 2.24) is 10.3 Å². The molecule has 0 aliphatic heterocycles. The van der Waals surface area contributed by atoms with Gasteiger partial charge in [-0.15, -0.1) is 0 Å². The van der Waals surface area contributed by atoms with Gasteiger partial charge in [0.15, 0.2) is 0 Å².